The molecule has 0 bridgehead atoms. The summed E-state index contributed by atoms with van der Waals surface area (Å²) >= 11 is 0. The minimum atomic E-state index is -0.901. The van der Waals surface area contributed by atoms with Crippen LogP contribution in [0, 0.1) is 6.92 Å². The van der Waals surface area contributed by atoms with Gasteiger partial charge in [-0.2, -0.15) is 0 Å². The summed E-state index contributed by atoms with van der Waals surface area (Å²) in [5, 5.41) is 22.1. The van der Waals surface area contributed by atoms with Crippen LogP contribution in [0.4, 0.5) is 5.69 Å². The Morgan fingerprint density at radius 3 is 2.18 bits per heavy atom. The van der Waals surface area contributed by atoms with Crippen molar-refractivity contribution in [3.05, 3.63) is 77.9 Å². The van der Waals surface area contributed by atoms with Crippen LogP contribution in [0.1, 0.15) is 15.9 Å². The van der Waals surface area contributed by atoms with E-state index in [4.69, 9.17) is 4.74 Å². The van der Waals surface area contributed by atoms with Crippen LogP contribution < -0.4 is 5.32 Å². The van der Waals surface area contributed by atoms with Crippen molar-refractivity contribution in [2.75, 3.05) is 11.9 Å². The first-order chi connectivity index (χ1) is 13.5. The van der Waals surface area contributed by atoms with Gasteiger partial charge in [-0.3, -0.25) is 4.79 Å². The number of aryl methyl sites for hydroxylation is 1. The average Bonchev–Trinajstić information content (AvgIpc) is 2.71. The van der Waals surface area contributed by atoms with E-state index in [-0.39, 0.29) is 5.56 Å². The molecule has 0 atom stereocenters. The SMILES string of the molecule is Cc1ccc(C(=O)OCC(=O)Nc2ccc(-c3ccccc3)cc2)c(O)c1O. The van der Waals surface area contributed by atoms with Crippen LogP contribution in [0.2, 0.25) is 0 Å². The van der Waals surface area contributed by atoms with Crippen LogP contribution in [-0.4, -0.2) is 28.7 Å². The normalized spacial score (nSPS) is 10.3. The molecule has 0 heterocycles. The maximum absolute atomic E-state index is 12.0. The molecule has 0 saturated carbocycles. The van der Waals surface area contributed by atoms with Gasteiger partial charge in [-0.1, -0.05) is 48.5 Å². The number of phenolic OH excluding ortho intramolecular Hbond substituents is 2. The number of carbonyl (C=O) groups excluding carboxylic acids is 2. The summed E-state index contributed by atoms with van der Waals surface area (Å²) in [5.74, 6) is -2.38. The Hall–Kier alpha value is -3.80. The van der Waals surface area contributed by atoms with Crippen molar-refractivity contribution in [1.82, 2.24) is 0 Å². The molecule has 0 aliphatic carbocycles. The number of ether oxygens (including phenoxy) is 1. The largest absolute Gasteiger partial charge is 0.504 e. The lowest BCUT2D eigenvalue weighted by atomic mass is 10.1. The van der Waals surface area contributed by atoms with Crippen molar-refractivity contribution in [1.29, 1.82) is 0 Å². The fourth-order valence-corrected chi connectivity index (χ4v) is 2.63. The molecule has 0 saturated heterocycles. The summed E-state index contributed by atoms with van der Waals surface area (Å²) in [5.41, 5.74) is 2.86. The van der Waals surface area contributed by atoms with Gasteiger partial charge in [0.2, 0.25) is 0 Å². The summed E-state index contributed by atoms with van der Waals surface area (Å²) in [4.78, 5) is 24.0. The molecule has 3 rings (SSSR count). The minimum Gasteiger partial charge on any atom is -0.504 e. The Morgan fingerprint density at radius 1 is 0.857 bits per heavy atom. The summed E-state index contributed by atoms with van der Waals surface area (Å²) in [6.07, 6.45) is 0. The zero-order chi connectivity index (χ0) is 20.1. The molecule has 6 heteroatoms. The van der Waals surface area contributed by atoms with Gasteiger partial charge in [0.25, 0.3) is 5.91 Å². The van der Waals surface area contributed by atoms with E-state index in [0.717, 1.165) is 11.1 Å². The van der Waals surface area contributed by atoms with Crippen molar-refractivity contribution in [3.63, 3.8) is 0 Å². The van der Waals surface area contributed by atoms with Gasteiger partial charge in [-0.25, -0.2) is 4.79 Å². The average molecular weight is 377 g/mol. The van der Waals surface area contributed by atoms with Crippen molar-refractivity contribution in [2.24, 2.45) is 0 Å². The molecule has 28 heavy (non-hydrogen) atoms. The Labute approximate surface area is 162 Å². The number of aromatic hydroxyl groups is 2. The van der Waals surface area contributed by atoms with Crippen molar-refractivity contribution < 1.29 is 24.5 Å². The molecular weight excluding hydrogens is 358 g/mol. The van der Waals surface area contributed by atoms with Crippen LogP contribution >= 0.6 is 0 Å². The van der Waals surface area contributed by atoms with Crippen molar-refractivity contribution in [3.8, 4) is 22.6 Å². The van der Waals surface area contributed by atoms with Crippen LogP contribution in [0.25, 0.3) is 11.1 Å². The molecule has 142 valence electrons. The molecule has 0 spiro atoms. The maximum Gasteiger partial charge on any atom is 0.342 e. The number of carbonyl (C=O) groups is 2. The number of phenols is 2. The number of nitrogens with one attached hydrogen (secondary N) is 1. The number of esters is 1. The molecule has 3 N–H and O–H groups in total. The molecule has 0 fully saturated rings. The second-order valence-corrected chi connectivity index (χ2v) is 6.19. The molecule has 0 aromatic heterocycles. The van der Waals surface area contributed by atoms with Gasteiger partial charge in [0, 0.05) is 5.69 Å². The highest BCUT2D eigenvalue weighted by Gasteiger charge is 2.18. The highest BCUT2D eigenvalue weighted by Crippen LogP contribution is 2.32. The number of hydrogen-bond donors (Lipinski definition) is 3. The molecule has 0 unspecified atom stereocenters. The number of rotatable bonds is 5. The minimum absolute atomic E-state index is 0.205. The topological polar surface area (TPSA) is 95.9 Å². The van der Waals surface area contributed by atoms with Gasteiger partial charge in [0.1, 0.15) is 5.56 Å². The lowest BCUT2D eigenvalue weighted by Gasteiger charge is -2.09. The zero-order valence-electron chi connectivity index (χ0n) is 15.2. The Morgan fingerprint density at radius 2 is 1.50 bits per heavy atom. The summed E-state index contributed by atoms with van der Waals surface area (Å²) in [6, 6.07) is 19.9. The smallest absolute Gasteiger partial charge is 0.342 e. The molecule has 0 aliphatic rings. The first-order valence-electron chi connectivity index (χ1n) is 8.59. The Kier molecular flexibility index (Phi) is 5.60. The van der Waals surface area contributed by atoms with E-state index >= 15 is 0 Å². The summed E-state index contributed by atoms with van der Waals surface area (Å²) in [6.45, 7) is 1.06. The van der Waals surface area contributed by atoms with E-state index < -0.39 is 30.0 Å². The van der Waals surface area contributed by atoms with Crippen LogP contribution in [0.3, 0.4) is 0 Å². The Bertz CT molecular complexity index is 997. The van der Waals surface area contributed by atoms with E-state index in [9.17, 15) is 19.8 Å². The van der Waals surface area contributed by atoms with E-state index in [2.05, 4.69) is 5.32 Å². The third-order valence-electron chi connectivity index (χ3n) is 4.18. The van der Waals surface area contributed by atoms with Crippen LogP contribution in [-0.2, 0) is 9.53 Å². The molecule has 0 aliphatic heterocycles. The zero-order valence-corrected chi connectivity index (χ0v) is 15.2. The number of benzene rings is 3. The summed E-state index contributed by atoms with van der Waals surface area (Å²) in [7, 11) is 0. The maximum atomic E-state index is 12.0. The van der Waals surface area contributed by atoms with Gasteiger partial charge >= 0.3 is 5.97 Å². The molecule has 3 aromatic carbocycles. The third kappa shape index (κ3) is 4.29. The summed E-state index contributed by atoms with van der Waals surface area (Å²) < 4.78 is 4.91. The number of hydrogen-bond acceptors (Lipinski definition) is 5. The molecule has 3 aromatic rings. The molecule has 6 nitrogen and oxygen atoms in total. The van der Waals surface area contributed by atoms with E-state index in [1.807, 2.05) is 42.5 Å². The fourth-order valence-electron chi connectivity index (χ4n) is 2.63. The van der Waals surface area contributed by atoms with E-state index in [1.54, 1.807) is 19.1 Å². The number of anilines is 1. The van der Waals surface area contributed by atoms with Gasteiger partial charge in [0.05, 0.1) is 0 Å². The second-order valence-electron chi connectivity index (χ2n) is 6.19. The number of amides is 1. The van der Waals surface area contributed by atoms with E-state index in [0.29, 0.717) is 11.3 Å². The first kappa shape index (κ1) is 19.0. The van der Waals surface area contributed by atoms with E-state index in [1.165, 1.54) is 12.1 Å². The van der Waals surface area contributed by atoms with Crippen LogP contribution in [0.5, 0.6) is 11.5 Å². The van der Waals surface area contributed by atoms with Crippen molar-refractivity contribution in [2.45, 2.75) is 6.92 Å². The predicted molar refractivity (Wildman–Crippen MR) is 105 cm³/mol. The quantitative estimate of drug-likeness (QED) is 0.463. The lowest BCUT2D eigenvalue weighted by molar-refractivity contribution is -0.119. The highest BCUT2D eigenvalue weighted by atomic mass is 16.5. The highest BCUT2D eigenvalue weighted by molar-refractivity contribution is 5.97. The standard InChI is InChI=1S/C22H19NO5/c1-14-7-12-18(21(26)20(14)25)22(27)28-13-19(24)23-17-10-8-16(9-11-17)15-5-3-2-4-6-15/h2-12,25-26H,13H2,1H3,(H,23,24). The molecular formula is C22H19NO5. The van der Waals surface area contributed by atoms with Gasteiger partial charge < -0.3 is 20.3 Å². The first-order valence-corrected chi connectivity index (χ1v) is 8.59. The van der Waals surface area contributed by atoms with Gasteiger partial charge in [-0.15, -0.1) is 0 Å². The monoisotopic (exact) mass is 377 g/mol. The van der Waals surface area contributed by atoms with Crippen LogP contribution in [0.15, 0.2) is 66.7 Å². The molecule has 1 amide bonds. The second kappa shape index (κ2) is 8.26. The van der Waals surface area contributed by atoms with Crippen molar-refractivity contribution >= 4 is 17.6 Å². The lowest BCUT2D eigenvalue weighted by Crippen LogP contribution is -2.21. The molecule has 0 radical (unpaired) electrons. The fraction of sp³-hybridized carbons (Fsp3) is 0.0909. The Balaban J connectivity index is 1.57. The van der Waals surface area contributed by atoms with Gasteiger partial charge in [0.15, 0.2) is 18.1 Å². The third-order valence-corrected chi connectivity index (χ3v) is 4.18. The van der Waals surface area contributed by atoms with Gasteiger partial charge in [-0.05, 0) is 41.8 Å². The predicted octanol–water partition coefficient (Wildman–Crippen LogP) is 3.87.